The number of rotatable bonds is 3. The summed E-state index contributed by atoms with van der Waals surface area (Å²) in [5, 5.41) is 20.3. The molecule has 2 fully saturated rings. The van der Waals surface area contributed by atoms with Gasteiger partial charge in [0.15, 0.2) is 0 Å². The maximum Gasteiger partial charge on any atom is 0.247 e. The Morgan fingerprint density at radius 3 is 2.19 bits per heavy atom. The third kappa shape index (κ3) is 1.89. The predicted octanol–water partition coefficient (Wildman–Crippen LogP) is 0.864. The summed E-state index contributed by atoms with van der Waals surface area (Å²) in [6, 6.07) is 3.33. The van der Waals surface area contributed by atoms with E-state index >= 15 is 0 Å². The summed E-state index contributed by atoms with van der Waals surface area (Å²) in [4.78, 5) is 8.63. The van der Waals surface area contributed by atoms with Gasteiger partial charge in [-0.15, -0.1) is 0 Å². The van der Waals surface area contributed by atoms with Crippen molar-refractivity contribution in [2.45, 2.75) is 36.9 Å². The molecule has 21 heavy (non-hydrogen) atoms. The highest BCUT2D eigenvalue weighted by Gasteiger charge is 2.47. The van der Waals surface area contributed by atoms with E-state index in [1.54, 1.807) is 12.1 Å². The normalized spacial score (nSPS) is 21.2. The number of hydrogen-bond donors (Lipinski definition) is 4. The van der Waals surface area contributed by atoms with E-state index in [-0.39, 0.29) is 11.8 Å². The Morgan fingerprint density at radius 2 is 1.57 bits per heavy atom. The van der Waals surface area contributed by atoms with E-state index in [1.807, 2.05) is 0 Å². The van der Waals surface area contributed by atoms with Gasteiger partial charge in [-0.25, -0.2) is 9.97 Å². The fraction of sp³-hybridized carbons (Fsp3) is 0.429. The number of hydrogen-bond acceptors (Lipinski definition) is 7. The zero-order chi connectivity index (χ0) is 14.8. The molecule has 0 bridgehead atoms. The van der Waals surface area contributed by atoms with Crippen molar-refractivity contribution < 1.29 is 14.6 Å². The van der Waals surface area contributed by atoms with Gasteiger partial charge < -0.3 is 26.1 Å². The minimum Gasteiger partial charge on any atom is -0.419 e. The summed E-state index contributed by atoms with van der Waals surface area (Å²) in [5.74, 6) is 0.337. The molecule has 2 aromatic heterocycles. The summed E-state index contributed by atoms with van der Waals surface area (Å²) in [7, 11) is 0. The van der Waals surface area contributed by atoms with E-state index in [1.165, 1.54) is 0 Å². The third-order valence-corrected chi connectivity index (χ3v) is 4.13. The van der Waals surface area contributed by atoms with Gasteiger partial charge >= 0.3 is 0 Å². The average Bonchev–Trinajstić information content (AvgIpc) is 3.33. The fourth-order valence-corrected chi connectivity index (χ4v) is 2.45. The monoisotopic (exact) mass is 288 g/mol. The number of oxazole rings is 1. The lowest BCUT2D eigenvalue weighted by Crippen LogP contribution is -2.11. The molecule has 2 aliphatic carbocycles. The van der Waals surface area contributed by atoms with Crippen molar-refractivity contribution in [2.75, 3.05) is 11.5 Å². The molecular weight excluding hydrogens is 272 g/mol. The molecule has 0 atom stereocenters. The van der Waals surface area contributed by atoms with Crippen LogP contribution in [0, 0.1) is 0 Å². The maximum absolute atomic E-state index is 10.2. The van der Waals surface area contributed by atoms with Crippen molar-refractivity contribution in [1.29, 1.82) is 0 Å². The Labute approximate surface area is 120 Å². The Kier molecular flexibility index (Phi) is 2.25. The summed E-state index contributed by atoms with van der Waals surface area (Å²) >= 11 is 0. The first-order chi connectivity index (χ1) is 9.91. The van der Waals surface area contributed by atoms with Gasteiger partial charge in [-0.2, -0.15) is 0 Å². The zero-order valence-corrected chi connectivity index (χ0v) is 11.3. The Bertz CT molecular complexity index is 732. The first kappa shape index (κ1) is 12.6. The van der Waals surface area contributed by atoms with Crippen molar-refractivity contribution in [1.82, 2.24) is 9.97 Å². The van der Waals surface area contributed by atoms with Gasteiger partial charge in [0.05, 0.1) is 11.4 Å². The van der Waals surface area contributed by atoms with Crippen LogP contribution in [0.2, 0.25) is 0 Å². The van der Waals surface area contributed by atoms with Crippen LogP contribution >= 0.6 is 0 Å². The van der Waals surface area contributed by atoms with Crippen LogP contribution in [-0.4, -0.2) is 20.2 Å². The molecule has 0 unspecified atom stereocenters. The molecular formula is C14H16N4O3. The third-order valence-electron chi connectivity index (χ3n) is 4.13. The predicted molar refractivity (Wildman–Crippen MR) is 74.8 cm³/mol. The van der Waals surface area contributed by atoms with Crippen molar-refractivity contribution in [3.63, 3.8) is 0 Å². The lowest BCUT2D eigenvalue weighted by atomic mass is 10.1. The maximum atomic E-state index is 10.2. The van der Waals surface area contributed by atoms with Gasteiger partial charge in [-0.3, -0.25) is 0 Å². The van der Waals surface area contributed by atoms with Crippen LogP contribution in [0.4, 0.5) is 11.6 Å². The van der Waals surface area contributed by atoms with E-state index in [0.29, 0.717) is 48.5 Å². The number of pyridine rings is 1. The molecule has 0 spiro atoms. The van der Waals surface area contributed by atoms with E-state index in [9.17, 15) is 10.2 Å². The molecule has 7 heteroatoms. The molecule has 4 rings (SSSR count). The van der Waals surface area contributed by atoms with Crippen LogP contribution in [0.15, 0.2) is 16.5 Å². The summed E-state index contributed by atoms with van der Waals surface area (Å²) in [6.45, 7) is 0. The summed E-state index contributed by atoms with van der Waals surface area (Å²) < 4.78 is 5.42. The molecule has 2 heterocycles. The highest BCUT2D eigenvalue weighted by Crippen LogP contribution is 2.49. The number of aliphatic hydroxyl groups is 2. The van der Waals surface area contributed by atoms with Crippen molar-refractivity contribution in [3.05, 3.63) is 23.5 Å². The lowest BCUT2D eigenvalue weighted by molar-refractivity contribution is 0.147. The molecule has 2 saturated carbocycles. The van der Waals surface area contributed by atoms with Gasteiger partial charge in [0, 0.05) is 0 Å². The highest BCUT2D eigenvalue weighted by molar-refractivity contribution is 5.58. The second kappa shape index (κ2) is 3.75. The van der Waals surface area contributed by atoms with Crippen LogP contribution in [-0.2, 0) is 11.2 Å². The Balaban J connectivity index is 1.77. The SMILES string of the molecule is Nc1ccc(-c2nc(C3(O)CC3)c(N)o2)nc1C1(O)CC1. The quantitative estimate of drug-likeness (QED) is 0.658. The van der Waals surface area contributed by atoms with E-state index in [2.05, 4.69) is 9.97 Å². The summed E-state index contributed by atoms with van der Waals surface area (Å²) in [5.41, 5.74) is 11.5. The van der Waals surface area contributed by atoms with Crippen LogP contribution in [0.3, 0.4) is 0 Å². The second-order valence-electron chi connectivity index (χ2n) is 5.93. The van der Waals surface area contributed by atoms with Gasteiger partial charge in [-0.1, -0.05) is 0 Å². The molecule has 0 saturated heterocycles. The lowest BCUT2D eigenvalue weighted by Gasteiger charge is -2.10. The van der Waals surface area contributed by atoms with Crippen molar-refractivity contribution >= 4 is 11.6 Å². The number of nitrogen functional groups attached to an aromatic ring is 2. The zero-order valence-electron chi connectivity index (χ0n) is 11.3. The van der Waals surface area contributed by atoms with Crippen molar-refractivity contribution in [3.8, 4) is 11.6 Å². The molecule has 0 amide bonds. The van der Waals surface area contributed by atoms with E-state index < -0.39 is 11.2 Å². The van der Waals surface area contributed by atoms with E-state index in [0.717, 1.165) is 0 Å². The Morgan fingerprint density at radius 1 is 0.952 bits per heavy atom. The van der Waals surface area contributed by atoms with Gasteiger partial charge in [0.1, 0.15) is 22.6 Å². The summed E-state index contributed by atoms with van der Waals surface area (Å²) in [6.07, 6.45) is 2.55. The fourth-order valence-electron chi connectivity index (χ4n) is 2.45. The average molecular weight is 288 g/mol. The number of nitrogens with two attached hydrogens (primary N) is 2. The van der Waals surface area contributed by atoms with E-state index in [4.69, 9.17) is 15.9 Å². The number of anilines is 2. The first-order valence-corrected chi connectivity index (χ1v) is 6.90. The highest BCUT2D eigenvalue weighted by atomic mass is 16.4. The first-order valence-electron chi connectivity index (χ1n) is 6.90. The van der Waals surface area contributed by atoms with Gasteiger partial charge in [0.25, 0.3) is 0 Å². The number of nitrogens with zero attached hydrogens (tertiary/aromatic N) is 2. The molecule has 7 nitrogen and oxygen atoms in total. The molecule has 2 aromatic rings. The second-order valence-corrected chi connectivity index (χ2v) is 5.93. The molecule has 110 valence electrons. The van der Waals surface area contributed by atoms with Gasteiger partial charge in [-0.05, 0) is 37.8 Å². The standard InChI is InChI=1S/C14H16N4O3/c15-7-1-2-8(17-9(7)13(19)3-4-13)12-18-10(11(16)21-12)14(20)5-6-14/h1-2,19-20H,3-6,15-16H2. The molecule has 6 N–H and O–H groups in total. The van der Waals surface area contributed by atoms with Crippen LogP contribution in [0.25, 0.3) is 11.6 Å². The molecule has 0 radical (unpaired) electrons. The Hall–Kier alpha value is -2.12. The van der Waals surface area contributed by atoms with Crippen LogP contribution < -0.4 is 11.5 Å². The smallest absolute Gasteiger partial charge is 0.247 e. The number of aromatic nitrogens is 2. The minimum absolute atomic E-state index is 0.107. The largest absolute Gasteiger partial charge is 0.419 e. The topological polar surface area (TPSA) is 131 Å². The molecule has 2 aliphatic rings. The van der Waals surface area contributed by atoms with Gasteiger partial charge in [0.2, 0.25) is 11.8 Å². The van der Waals surface area contributed by atoms with Crippen LogP contribution in [0.1, 0.15) is 37.1 Å². The minimum atomic E-state index is -0.961. The van der Waals surface area contributed by atoms with Crippen molar-refractivity contribution in [2.24, 2.45) is 0 Å². The molecule has 0 aromatic carbocycles. The molecule has 0 aliphatic heterocycles. The van der Waals surface area contributed by atoms with Crippen LogP contribution in [0.5, 0.6) is 0 Å².